The van der Waals surface area contributed by atoms with Crippen LogP contribution in [0, 0.1) is 0 Å². The quantitative estimate of drug-likeness (QED) is 0.920. The van der Waals surface area contributed by atoms with Crippen molar-refractivity contribution in [1.82, 2.24) is 5.32 Å². The molecular formula is C14H17NO2S. The minimum atomic E-state index is -3.23. The lowest BCUT2D eigenvalue weighted by atomic mass is 10.1. The van der Waals surface area contributed by atoms with Crippen LogP contribution in [0.2, 0.25) is 0 Å². The van der Waals surface area contributed by atoms with Crippen LogP contribution in [-0.4, -0.2) is 27.3 Å². The first-order valence-electron chi connectivity index (χ1n) is 5.92. The maximum absolute atomic E-state index is 12.2. The van der Waals surface area contributed by atoms with Gasteiger partial charge in [-0.15, -0.1) is 0 Å². The Bertz CT molecular complexity index is 650. The third-order valence-electron chi connectivity index (χ3n) is 3.04. The topological polar surface area (TPSA) is 46.2 Å². The Morgan fingerprint density at radius 3 is 2.44 bits per heavy atom. The second-order valence-electron chi connectivity index (χ2n) is 4.48. The molecule has 18 heavy (non-hydrogen) atoms. The fraction of sp³-hybridized carbons (Fsp3) is 0.286. The molecule has 0 radical (unpaired) electrons. The maximum atomic E-state index is 12.2. The van der Waals surface area contributed by atoms with Gasteiger partial charge < -0.3 is 5.32 Å². The van der Waals surface area contributed by atoms with Gasteiger partial charge in [-0.2, -0.15) is 0 Å². The van der Waals surface area contributed by atoms with Crippen molar-refractivity contribution in [3.63, 3.8) is 0 Å². The lowest BCUT2D eigenvalue weighted by Gasteiger charge is -2.11. The second kappa shape index (κ2) is 5.08. The van der Waals surface area contributed by atoms with Crippen molar-refractivity contribution >= 4 is 20.6 Å². The second-order valence-corrected chi connectivity index (χ2v) is 6.51. The van der Waals surface area contributed by atoms with Gasteiger partial charge in [-0.3, -0.25) is 0 Å². The first-order valence-corrected chi connectivity index (χ1v) is 7.57. The molecule has 0 aliphatic rings. The predicted octanol–water partition coefficient (Wildman–Crippen LogP) is 2.22. The van der Waals surface area contributed by atoms with Crippen molar-refractivity contribution in [3.8, 4) is 0 Å². The summed E-state index contributed by atoms with van der Waals surface area (Å²) in [6, 6.07) is 13.0. The van der Waals surface area contributed by atoms with Crippen LogP contribution in [0.15, 0.2) is 47.4 Å². The van der Waals surface area contributed by atoms with Crippen molar-refractivity contribution in [2.24, 2.45) is 0 Å². The average molecular weight is 263 g/mol. The van der Waals surface area contributed by atoms with E-state index in [1.807, 2.05) is 37.3 Å². The molecule has 0 bridgehead atoms. The minimum Gasteiger partial charge on any atom is -0.316 e. The zero-order valence-electron chi connectivity index (χ0n) is 10.6. The van der Waals surface area contributed by atoms with Crippen LogP contribution < -0.4 is 5.32 Å². The monoisotopic (exact) mass is 263 g/mol. The van der Waals surface area contributed by atoms with Gasteiger partial charge in [0.05, 0.1) is 10.6 Å². The lowest BCUT2D eigenvalue weighted by Crippen LogP contribution is -2.29. The summed E-state index contributed by atoms with van der Waals surface area (Å²) in [6.45, 7) is 1.86. The molecule has 2 aromatic carbocycles. The summed E-state index contributed by atoms with van der Waals surface area (Å²) in [5.41, 5.74) is 0. The third kappa shape index (κ3) is 2.71. The first-order chi connectivity index (χ1) is 8.53. The molecule has 0 spiro atoms. The molecule has 2 rings (SSSR count). The molecule has 0 heterocycles. The van der Waals surface area contributed by atoms with Gasteiger partial charge in [-0.25, -0.2) is 8.42 Å². The standard InChI is InChI=1S/C14H17NO2S/c1-11(15-2)10-18(16,17)14-8-7-12-5-3-4-6-13(12)9-14/h3-9,11,15H,10H2,1-2H3. The lowest BCUT2D eigenvalue weighted by molar-refractivity contribution is 0.578. The Balaban J connectivity index is 2.41. The number of hydrogen-bond donors (Lipinski definition) is 1. The van der Waals surface area contributed by atoms with E-state index in [1.165, 1.54) is 0 Å². The molecule has 1 N–H and O–H groups in total. The summed E-state index contributed by atoms with van der Waals surface area (Å²) in [7, 11) is -1.46. The van der Waals surface area contributed by atoms with Gasteiger partial charge in [0.15, 0.2) is 9.84 Å². The predicted molar refractivity (Wildman–Crippen MR) is 74.5 cm³/mol. The molecule has 0 saturated heterocycles. The van der Waals surface area contributed by atoms with Crippen molar-refractivity contribution in [3.05, 3.63) is 42.5 Å². The number of benzene rings is 2. The molecule has 2 aromatic rings. The van der Waals surface area contributed by atoms with E-state index in [1.54, 1.807) is 19.2 Å². The fourth-order valence-electron chi connectivity index (χ4n) is 1.87. The van der Waals surface area contributed by atoms with E-state index in [-0.39, 0.29) is 11.8 Å². The van der Waals surface area contributed by atoms with Crippen LogP contribution in [0.5, 0.6) is 0 Å². The smallest absolute Gasteiger partial charge is 0.179 e. The molecule has 0 amide bonds. The van der Waals surface area contributed by atoms with E-state index in [0.29, 0.717) is 4.90 Å². The van der Waals surface area contributed by atoms with E-state index in [9.17, 15) is 8.42 Å². The highest BCUT2D eigenvalue weighted by Gasteiger charge is 2.17. The van der Waals surface area contributed by atoms with Gasteiger partial charge in [0.25, 0.3) is 0 Å². The van der Waals surface area contributed by atoms with Gasteiger partial charge in [0, 0.05) is 6.04 Å². The van der Waals surface area contributed by atoms with Gasteiger partial charge in [0.1, 0.15) is 0 Å². The summed E-state index contributed by atoms with van der Waals surface area (Å²) < 4.78 is 24.4. The maximum Gasteiger partial charge on any atom is 0.179 e. The number of rotatable bonds is 4. The van der Waals surface area contributed by atoms with Crippen molar-refractivity contribution < 1.29 is 8.42 Å². The van der Waals surface area contributed by atoms with Crippen LogP contribution in [0.4, 0.5) is 0 Å². The van der Waals surface area contributed by atoms with Crippen LogP contribution in [0.25, 0.3) is 10.8 Å². The zero-order valence-corrected chi connectivity index (χ0v) is 11.4. The van der Waals surface area contributed by atoms with Crippen LogP contribution in [-0.2, 0) is 9.84 Å². The zero-order chi connectivity index (χ0) is 13.2. The number of sulfone groups is 1. The average Bonchev–Trinajstić information content (AvgIpc) is 2.37. The Morgan fingerprint density at radius 2 is 1.78 bits per heavy atom. The summed E-state index contributed by atoms with van der Waals surface area (Å²) >= 11 is 0. The van der Waals surface area contributed by atoms with Crippen molar-refractivity contribution in [2.45, 2.75) is 17.9 Å². The molecule has 0 aliphatic carbocycles. The Hall–Kier alpha value is -1.39. The van der Waals surface area contributed by atoms with Gasteiger partial charge >= 0.3 is 0 Å². The highest BCUT2D eigenvalue weighted by atomic mass is 32.2. The highest BCUT2D eigenvalue weighted by Crippen LogP contribution is 2.20. The summed E-state index contributed by atoms with van der Waals surface area (Å²) in [6.07, 6.45) is 0. The largest absolute Gasteiger partial charge is 0.316 e. The first kappa shape index (κ1) is 13.1. The normalized spacial score (nSPS) is 13.7. The molecule has 96 valence electrons. The Labute approximate surface area is 108 Å². The summed E-state index contributed by atoms with van der Waals surface area (Å²) in [5, 5.41) is 4.96. The van der Waals surface area contributed by atoms with Gasteiger partial charge in [-0.05, 0) is 36.9 Å². The molecule has 0 saturated carbocycles. The van der Waals surface area contributed by atoms with Gasteiger partial charge in [0.2, 0.25) is 0 Å². The molecule has 0 aromatic heterocycles. The third-order valence-corrected chi connectivity index (χ3v) is 4.95. The fourth-order valence-corrected chi connectivity index (χ4v) is 3.47. The molecule has 1 atom stereocenters. The molecular weight excluding hydrogens is 246 g/mol. The molecule has 0 fully saturated rings. The van der Waals surface area contributed by atoms with E-state index < -0.39 is 9.84 Å². The van der Waals surface area contributed by atoms with Crippen molar-refractivity contribution in [1.29, 1.82) is 0 Å². The summed E-state index contributed by atoms with van der Waals surface area (Å²) in [5.74, 6) is 0.113. The van der Waals surface area contributed by atoms with Gasteiger partial charge in [-0.1, -0.05) is 30.3 Å². The summed E-state index contributed by atoms with van der Waals surface area (Å²) in [4.78, 5) is 0.392. The SMILES string of the molecule is CNC(C)CS(=O)(=O)c1ccc2ccccc2c1. The van der Waals surface area contributed by atoms with Crippen LogP contribution in [0.3, 0.4) is 0 Å². The molecule has 0 aliphatic heterocycles. The molecule has 1 unspecified atom stereocenters. The van der Waals surface area contributed by atoms with E-state index >= 15 is 0 Å². The highest BCUT2D eigenvalue weighted by molar-refractivity contribution is 7.91. The molecule has 4 heteroatoms. The van der Waals surface area contributed by atoms with Crippen molar-refractivity contribution in [2.75, 3.05) is 12.8 Å². The van der Waals surface area contributed by atoms with E-state index in [2.05, 4.69) is 5.32 Å². The van der Waals surface area contributed by atoms with E-state index in [4.69, 9.17) is 0 Å². The Morgan fingerprint density at radius 1 is 1.11 bits per heavy atom. The number of nitrogens with one attached hydrogen (secondary N) is 1. The number of hydrogen-bond acceptors (Lipinski definition) is 3. The minimum absolute atomic E-state index is 0.0542. The van der Waals surface area contributed by atoms with E-state index in [0.717, 1.165) is 10.8 Å². The van der Waals surface area contributed by atoms with Crippen LogP contribution >= 0.6 is 0 Å². The number of fused-ring (bicyclic) bond motifs is 1. The van der Waals surface area contributed by atoms with Crippen LogP contribution in [0.1, 0.15) is 6.92 Å². The molecule has 3 nitrogen and oxygen atoms in total. The Kier molecular flexibility index (Phi) is 3.68.